The Kier molecular flexibility index (Phi) is 48.2. The van der Waals surface area contributed by atoms with Crippen LogP contribution in [-0.4, -0.2) is 68.5 Å². The van der Waals surface area contributed by atoms with Gasteiger partial charge in [-0.15, -0.1) is 0 Å². The SMILES string of the molecule is CCCCC/C=C/CC/C=C/C(O)C(COP(=O)([O-])OCC[N+](C)(C)C)NC(=O)CCCCCCCCCCCCCCCCCCCCCCCCCCCCCCCCCCCCC. The molecule has 0 bridgehead atoms. The van der Waals surface area contributed by atoms with Crippen LogP contribution >= 0.6 is 7.82 Å². The number of phosphoric ester groups is 1. The molecule has 3 unspecified atom stereocenters. The third-order valence-electron chi connectivity index (χ3n) is 13.2. The van der Waals surface area contributed by atoms with Crippen molar-refractivity contribution < 1.29 is 32.9 Å². The highest BCUT2D eigenvalue weighted by molar-refractivity contribution is 7.45. The normalized spacial score (nSPS) is 14.1. The van der Waals surface area contributed by atoms with Crippen molar-refractivity contribution in [2.45, 2.75) is 296 Å². The van der Waals surface area contributed by atoms with Gasteiger partial charge in [0.2, 0.25) is 5.91 Å². The first-order chi connectivity index (χ1) is 32.0. The van der Waals surface area contributed by atoms with Gasteiger partial charge in [0, 0.05) is 6.42 Å². The second-order valence-electron chi connectivity index (χ2n) is 21.0. The van der Waals surface area contributed by atoms with Gasteiger partial charge in [-0.25, -0.2) is 0 Å². The molecule has 2 N–H and O–H groups in total. The molecule has 3 atom stereocenters. The summed E-state index contributed by atoms with van der Waals surface area (Å²) in [4.78, 5) is 25.3. The summed E-state index contributed by atoms with van der Waals surface area (Å²) < 4.78 is 23.2. The number of nitrogens with one attached hydrogen (secondary N) is 1. The number of carbonyl (C=O) groups excluding carboxylic acids is 1. The monoisotopic (exact) mass is 953 g/mol. The number of hydrogen-bond acceptors (Lipinski definition) is 6. The summed E-state index contributed by atoms with van der Waals surface area (Å²) in [6, 6.07) is -0.898. The standard InChI is InChI=1S/C57H113N2O6P/c1-6-8-10-12-14-16-17-18-19-20-21-22-23-24-25-26-27-28-29-30-31-32-33-34-35-36-37-38-39-40-41-43-45-47-49-51-57(61)58-55(54-65-66(62,63)64-53-52-59(3,4)5)56(60)50-48-46-44-42-15-13-11-9-7-2/h15,42,48,50,55-56,60H,6-14,16-41,43-47,49,51-54H2,1-5H3,(H-,58,61,62,63)/b42-15+,50-48+. The third-order valence-corrected chi connectivity index (χ3v) is 14.1. The highest BCUT2D eigenvalue weighted by Crippen LogP contribution is 2.38. The van der Waals surface area contributed by atoms with Crippen molar-refractivity contribution in [3.8, 4) is 0 Å². The number of allylic oxidation sites excluding steroid dienone is 3. The molecular formula is C57H113N2O6P. The summed E-state index contributed by atoms with van der Waals surface area (Å²) in [5.41, 5.74) is 0. The Morgan fingerprint density at radius 1 is 0.515 bits per heavy atom. The van der Waals surface area contributed by atoms with Crippen LogP contribution < -0.4 is 10.2 Å². The van der Waals surface area contributed by atoms with E-state index >= 15 is 0 Å². The number of rotatable bonds is 53. The molecule has 0 saturated heterocycles. The van der Waals surface area contributed by atoms with E-state index in [1.54, 1.807) is 6.08 Å². The highest BCUT2D eigenvalue weighted by atomic mass is 31.2. The second-order valence-corrected chi connectivity index (χ2v) is 22.4. The lowest BCUT2D eigenvalue weighted by Gasteiger charge is -2.29. The molecule has 0 spiro atoms. The molecule has 0 heterocycles. The number of aliphatic hydroxyl groups is 1. The largest absolute Gasteiger partial charge is 0.756 e. The number of unbranched alkanes of at least 4 members (excludes halogenated alkanes) is 38. The summed E-state index contributed by atoms with van der Waals surface area (Å²) in [6.45, 7) is 4.60. The van der Waals surface area contributed by atoms with Crippen molar-refractivity contribution in [2.75, 3.05) is 40.9 Å². The summed E-state index contributed by atoms with van der Waals surface area (Å²) in [5, 5.41) is 13.7. The van der Waals surface area contributed by atoms with E-state index in [0.717, 1.165) is 38.5 Å². The maximum absolute atomic E-state index is 12.9. The van der Waals surface area contributed by atoms with E-state index in [1.807, 2.05) is 27.2 Å². The van der Waals surface area contributed by atoms with Crippen LogP contribution in [0.3, 0.4) is 0 Å². The van der Waals surface area contributed by atoms with Crippen LogP contribution in [-0.2, 0) is 18.4 Å². The summed E-state index contributed by atoms with van der Waals surface area (Å²) >= 11 is 0. The lowest BCUT2D eigenvalue weighted by atomic mass is 10.0. The highest BCUT2D eigenvalue weighted by Gasteiger charge is 2.23. The van der Waals surface area contributed by atoms with Crippen LogP contribution in [0.25, 0.3) is 0 Å². The van der Waals surface area contributed by atoms with Crippen molar-refractivity contribution in [3.63, 3.8) is 0 Å². The molecule has 0 rings (SSSR count). The molecule has 9 heteroatoms. The summed E-state index contributed by atoms with van der Waals surface area (Å²) in [7, 11) is 1.25. The van der Waals surface area contributed by atoms with E-state index in [0.29, 0.717) is 17.4 Å². The van der Waals surface area contributed by atoms with Gasteiger partial charge in [-0.2, -0.15) is 0 Å². The van der Waals surface area contributed by atoms with Crippen LogP contribution in [0.2, 0.25) is 0 Å². The fraction of sp³-hybridized carbons (Fsp3) is 0.912. The molecule has 392 valence electrons. The van der Waals surface area contributed by atoms with Gasteiger partial charge < -0.3 is 28.8 Å². The average Bonchev–Trinajstić information content (AvgIpc) is 3.28. The first kappa shape index (κ1) is 65.0. The molecule has 0 aromatic heterocycles. The van der Waals surface area contributed by atoms with E-state index in [-0.39, 0.29) is 19.1 Å². The average molecular weight is 954 g/mol. The van der Waals surface area contributed by atoms with Gasteiger partial charge >= 0.3 is 0 Å². The van der Waals surface area contributed by atoms with Crippen molar-refractivity contribution in [2.24, 2.45) is 0 Å². The molecule has 0 radical (unpaired) electrons. The van der Waals surface area contributed by atoms with Gasteiger partial charge in [0.1, 0.15) is 13.2 Å². The smallest absolute Gasteiger partial charge is 0.268 e. The quantitative estimate of drug-likeness (QED) is 0.0272. The van der Waals surface area contributed by atoms with Crippen molar-refractivity contribution >= 4 is 13.7 Å². The summed E-state index contributed by atoms with van der Waals surface area (Å²) in [6.07, 6.45) is 61.7. The van der Waals surface area contributed by atoms with Crippen LogP contribution in [0, 0.1) is 0 Å². The lowest BCUT2D eigenvalue weighted by molar-refractivity contribution is -0.870. The van der Waals surface area contributed by atoms with E-state index in [9.17, 15) is 19.4 Å². The first-order valence-electron chi connectivity index (χ1n) is 28.7. The van der Waals surface area contributed by atoms with E-state index < -0.39 is 20.0 Å². The molecule has 66 heavy (non-hydrogen) atoms. The number of nitrogens with zero attached hydrogens (tertiary/aromatic N) is 1. The predicted molar refractivity (Wildman–Crippen MR) is 284 cm³/mol. The number of carbonyl (C=O) groups is 1. The lowest BCUT2D eigenvalue weighted by Crippen LogP contribution is -2.45. The maximum atomic E-state index is 12.9. The zero-order valence-electron chi connectivity index (χ0n) is 44.7. The van der Waals surface area contributed by atoms with Gasteiger partial charge in [-0.3, -0.25) is 9.36 Å². The minimum Gasteiger partial charge on any atom is -0.756 e. The molecule has 0 aliphatic rings. The van der Waals surface area contributed by atoms with Crippen LogP contribution in [0.5, 0.6) is 0 Å². The Balaban J connectivity index is 3.83. The van der Waals surface area contributed by atoms with Gasteiger partial charge in [0.05, 0.1) is 39.9 Å². The van der Waals surface area contributed by atoms with Crippen molar-refractivity contribution in [1.82, 2.24) is 5.32 Å². The fourth-order valence-electron chi connectivity index (χ4n) is 8.64. The Bertz CT molecular complexity index is 1130. The Hall–Kier alpha value is -1.02. The van der Waals surface area contributed by atoms with Crippen LogP contribution in [0.4, 0.5) is 0 Å². The number of aliphatic hydroxyl groups excluding tert-OH is 1. The zero-order valence-corrected chi connectivity index (χ0v) is 45.6. The Morgan fingerprint density at radius 3 is 1.23 bits per heavy atom. The molecule has 0 saturated carbocycles. The van der Waals surface area contributed by atoms with E-state index in [2.05, 4.69) is 31.3 Å². The number of likely N-dealkylation sites (N-methyl/N-ethyl adjacent to an activating group) is 1. The molecule has 0 fully saturated rings. The van der Waals surface area contributed by atoms with E-state index in [1.165, 1.54) is 225 Å². The molecule has 0 aliphatic heterocycles. The number of hydrogen-bond donors (Lipinski definition) is 2. The van der Waals surface area contributed by atoms with Crippen molar-refractivity contribution in [3.05, 3.63) is 24.3 Å². The fourth-order valence-corrected chi connectivity index (χ4v) is 9.37. The molecule has 1 amide bonds. The number of quaternary nitrogens is 1. The molecule has 8 nitrogen and oxygen atoms in total. The summed E-state index contributed by atoms with van der Waals surface area (Å²) in [5.74, 6) is -0.205. The molecule has 0 aliphatic carbocycles. The van der Waals surface area contributed by atoms with E-state index in [4.69, 9.17) is 9.05 Å². The maximum Gasteiger partial charge on any atom is 0.268 e. The van der Waals surface area contributed by atoms with Gasteiger partial charge in [0.25, 0.3) is 7.82 Å². The van der Waals surface area contributed by atoms with Crippen LogP contribution in [0.15, 0.2) is 24.3 Å². The zero-order chi connectivity index (χ0) is 48.5. The topological polar surface area (TPSA) is 108 Å². The Labute approximate surface area is 411 Å². The minimum atomic E-state index is -4.59. The third kappa shape index (κ3) is 50.8. The van der Waals surface area contributed by atoms with Gasteiger partial charge in [-0.1, -0.05) is 269 Å². The first-order valence-corrected chi connectivity index (χ1v) is 30.2. The van der Waals surface area contributed by atoms with Gasteiger partial charge in [-0.05, 0) is 32.1 Å². The number of phosphoric acid groups is 1. The predicted octanol–water partition coefficient (Wildman–Crippen LogP) is 16.6. The molecular weight excluding hydrogens is 840 g/mol. The minimum absolute atomic E-state index is 0.00449. The Morgan fingerprint density at radius 2 is 0.848 bits per heavy atom. The van der Waals surface area contributed by atoms with Crippen LogP contribution in [0.1, 0.15) is 284 Å². The van der Waals surface area contributed by atoms with Crippen molar-refractivity contribution in [1.29, 1.82) is 0 Å². The van der Waals surface area contributed by atoms with Gasteiger partial charge in [0.15, 0.2) is 0 Å². The molecule has 0 aromatic carbocycles. The second kappa shape index (κ2) is 49.0. The number of amides is 1. The molecule has 0 aromatic rings.